The fourth-order valence-corrected chi connectivity index (χ4v) is 7.40. The number of hydrogen-bond acceptors (Lipinski definition) is 6. The number of ether oxygens (including phenoxy) is 1. The van der Waals surface area contributed by atoms with Crippen molar-refractivity contribution in [3.63, 3.8) is 0 Å². The lowest BCUT2D eigenvalue weighted by atomic mass is 9.84. The van der Waals surface area contributed by atoms with Gasteiger partial charge in [-0.1, -0.05) is 78.3 Å². The van der Waals surface area contributed by atoms with Gasteiger partial charge in [-0.15, -0.1) is 0 Å². The number of para-hydroxylation sites is 1. The molecule has 2 aliphatic rings. The van der Waals surface area contributed by atoms with Crippen LogP contribution in [0.1, 0.15) is 54.8 Å². The van der Waals surface area contributed by atoms with Gasteiger partial charge in [0.05, 0.1) is 0 Å². The number of hydrogen-bond donors (Lipinski definition) is 4. The molecule has 0 unspecified atom stereocenters. The van der Waals surface area contributed by atoms with Crippen LogP contribution < -0.4 is 4.74 Å². The second-order valence-electron chi connectivity index (χ2n) is 12.5. The quantitative estimate of drug-likeness (QED) is 0.146. The Hall–Kier alpha value is -5.57. The van der Waals surface area contributed by atoms with Crippen LogP contribution in [0, 0.1) is 0 Å². The summed E-state index contributed by atoms with van der Waals surface area (Å²) in [6.07, 6.45) is -0.0407. The monoisotopic (exact) mass is 673 g/mol. The third-order valence-electron chi connectivity index (χ3n) is 9.48. The summed E-state index contributed by atoms with van der Waals surface area (Å²) in [5.74, 6) is -0.483. The van der Waals surface area contributed by atoms with Crippen molar-refractivity contribution in [3.05, 3.63) is 142 Å². The van der Waals surface area contributed by atoms with Crippen LogP contribution >= 0.6 is 11.6 Å². The molecule has 6 aromatic carbocycles. The number of halogens is 1. The molecule has 2 atom stereocenters. The first-order valence-electron chi connectivity index (χ1n) is 15.8. The molecule has 1 fully saturated rings. The first-order chi connectivity index (χ1) is 23.6. The number of nitrogens with zero attached hydrogens (tertiary/aromatic N) is 1. The number of likely N-dealkylation sites (tertiary alicyclic amines) is 1. The van der Waals surface area contributed by atoms with E-state index in [0.29, 0.717) is 44.5 Å². The number of likely N-dealkylation sites (N-methyl/N-ethyl adjacent to an activating group) is 1. The summed E-state index contributed by atoms with van der Waals surface area (Å²) in [5, 5.41) is 43.6. The van der Waals surface area contributed by atoms with Crippen LogP contribution in [-0.4, -0.2) is 57.4 Å². The van der Waals surface area contributed by atoms with E-state index in [9.17, 15) is 30.0 Å². The predicted octanol–water partition coefficient (Wildman–Crippen LogP) is 8.65. The Labute approximate surface area is 287 Å². The van der Waals surface area contributed by atoms with E-state index >= 15 is 0 Å². The number of aromatic carboxylic acids is 2. The van der Waals surface area contributed by atoms with Crippen molar-refractivity contribution in [1.29, 1.82) is 0 Å². The molecule has 4 N–H and O–H groups in total. The molecule has 0 radical (unpaired) electrons. The molecular formula is C40H32ClNO7. The number of carboxylic acids is 2. The zero-order chi connectivity index (χ0) is 34.4. The van der Waals surface area contributed by atoms with Gasteiger partial charge in [0.1, 0.15) is 34.1 Å². The average molecular weight is 674 g/mol. The van der Waals surface area contributed by atoms with Gasteiger partial charge in [-0.25, -0.2) is 9.59 Å². The van der Waals surface area contributed by atoms with E-state index in [1.165, 1.54) is 23.3 Å². The van der Waals surface area contributed by atoms with E-state index in [-0.39, 0.29) is 17.5 Å². The molecule has 8 nitrogen and oxygen atoms in total. The Morgan fingerprint density at radius 1 is 0.694 bits per heavy atom. The summed E-state index contributed by atoms with van der Waals surface area (Å²) in [6.45, 7) is 2.12. The molecule has 0 amide bonds. The molecule has 8 rings (SSSR count). The Kier molecular flexibility index (Phi) is 8.36. The lowest BCUT2D eigenvalue weighted by molar-refractivity contribution is 0.0682. The van der Waals surface area contributed by atoms with Gasteiger partial charge in [-0.2, -0.15) is 0 Å². The summed E-state index contributed by atoms with van der Waals surface area (Å²) in [6, 6.07) is 31.1. The molecule has 9 heteroatoms. The molecule has 0 aliphatic carbocycles. The molecule has 0 saturated carbocycles. The van der Waals surface area contributed by atoms with Crippen molar-refractivity contribution < 1.29 is 34.8 Å². The SMILES string of the molecule is CN1C[C@H]2c3ccccc3Oc3ccc(Cl)cc3[C@@H]2C1.O=C(O)c1cc2ccccc2c(Cc2c(O)c(C(=O)O)cc3ccccc23)c1O. The van der Waals surface area contributed by atoms with Gasteiger partial charge in [0.25, 0.3) is 0 Å². The Bertz CT molecular complexity index is 2180. The highest BCUT2D eigenvalue weighted by atomic mass is 35.5. The van der Waals surface area contributed by atoms with Gasteiger partial charge in [-0.05, 0) is 70.6 Å². The molecule has 2 heterocycles. The molecule has 0 bridgehead atoms. The maximum absolute atomic E-state index is 11.6. The minimum absolute atomic E-state index is 0.0407. The van der Waals surface area contributed by atoms with E-state index in [1.54, 1.807) is 48.5 Å². The van der Waals surface area contributed by atoms with Crippen molar-refractivity contribution in [2.75, 3.05) is 20.1 Å². The van der Waals surface area contributed by atoms with Crippen LogP contribution in [0.4, 0.5) is 0 Å². The van der Waals surface area contributed by atoms with E-state index in [2.05, 4.69) is 36.2 Å². The van der Waals surface area contributed by atoms with Crippen LogP contribution in [0.3, 0.4) is 0 Å². The summed E-state index contributed by atoms with van der Waals surface area (Å²) in [7, 11) is 2.18. The molecule has 6 aromatic rings. The third kappa shape index (κ3) is 5.90. The maximum Gasteiger partial charge on any atom is 0.339 e. The van der Waals surface area contributed by atoms with Crippen molar-refractivity contribution in [2.45, 2.75) is 18.3 Å². The second-order valence-corrected chi connectivity index (χ2v) is 12.9. The normalized spacial score (nSPS) is 16.4. The lowest BCUT2D eigenvalue weighted by Gasteiger charge is -2.17. The molecule has 0 aromatic heterocycles. The number of aromatic hydroxyl groups is 2. The smallest absolute Gasteiger partial charge is 0.339 e. The number of carbonyl (C=O) groups is 2. The van der Waals surface area contributed by atoms with Crippen LogP contribution in [-0.2, 0) is 6.42 Å². The average Bonchev–Trinajstić information content (AvgIpc) is 3.43. The van der Waals surface area contributed by atoms with Crippen molar-refractivity contribution in [3.8, 4) is 23.0 Å². The van der Waals surface area contributed by atoms with Gasteiger partial charge in [0.2, 0.25) is 0 Å². The van der Waals surface area contributed by atoms with E-state index < -0.39 is 23.4 Å². The van der Waals surface area contributed by atoms with Crippen molar-refractivity contribution >= 4 is 45.1 Å². The van der Waals surface area contributed by atoms with Crippen molar-refractivity contribution in [1.82, 2.24) is 4.90 Å². The highest BCUT2D eigenvalue weighted by molar-refractivity contribution is 6.30. The molecular weight excluding hydrogens is 642 g/mol. The fourth-order valence-electron chi connectivity index (χ4n) is 7.22. The molecule has 1 saturated heterocycles. The molecule has 49 heavy (non-hydrogen) atoms. The maximum atomic E-state index is 11.6. The van der Waals surface area contributed by atoms with Gasteiger partial charge in [0, 0.05) is 53.1 Å². The second kappa shape index (κ2) is 12.8. The number of benzene rings is 6. The van der Waals surface area contributed by atoms with Crippen LogP contribution in [0.15, 0.2) is 103 Å². The van der Waals surface area contributed by atoms with Crippen LogP contribution in [0.2, 0.25) is 5.02 Å². The van der Waals surface area contributed by atoms with E-state index in [4.69, 9.17) is 16.3 Å². The van der Waals surface area contributed by atoms with Crippen LogP contribution in [0.25, 0.3) is 21.5 Å². The summed E-state index contributed by atoms with van der Waals surface area (Å²) in [5.41, 5.74) is 2.66. The Morgan fingerprint density at radius 2 is 1.18 bits per heavy atom. The number of carboxylic acid groups (broad SMARTS) is 2. The summed E-state index contributed by atoms with van der Waals surface area (Å²) in [4.78, 5) is 25.6. The largest absolute Gasteiger partial charge is 0.507 e. The third-order valence-corrected chi connectivity index (χ3v) is 9.72. The summed E-state index contributed by atoms with van der Waals surface area (Å²) >= 11 is 6.20. The highest BCUT2D eigenvalue weighted by Crippen LogP contribution is 2.50. The van der Waals surface area contributed by atoms with Gasteiger partial charge in [-0.3, -0.25) is 0 Å². The Balaban J connectivity index is 0.000000165. The van der Waals surface area contributed by atoms with E-state index in [0.717, 1.165) is 29.6 Å². The topological polar surface area (TPSA) is 128 Å². The molecule has 246 valence electrons. The van der Waals surface area contributed by atoms with Gasteiger partial charge in [0.15, 0.2) is 0 Å². The lowest BCUT2D eigenvalue weighted by Crippen LogP contribution is -2.14. The summed E-state index contributed by atoms with van der Waals surface area (Å²) < 4.78 is 6.15. The molecule has 0 spiro atoms. The zero-order valence-electron chi connectivity index (χ0n) is 26.4. The predicted molar refractivity (Wildman–Crippen MR) is 189 cm³/mol. The van der Waals surface area contributed by atoms with Crippen molar-refractivity contribution in [2.24, 2.45) is 0 Å². The van der Waals surface area contributed by atoms with Crippen LogP contribution in [0.5, 0.6) is 23.0 Å². The number of rotatable bonds is 4. The number of phenols is 2. The number of fused-ring (bicyclic) bond motifs is 7. The standard InChI is InChI=1S/C23H16O6.C17H16ClNO/c24-20-16(14-7-3-1-5-12(14)9-18(20)22(26)27)11-17-15-8-4-2-6-13(15)10-19(21(17)25)23(28)29;1-19-9-14-12-4-2-3-5-16(12)20-17-7-6-11(18)8-13(17)15(14)10-19/h1-10,24-25H,11H2,(H,26,27)(H,28,29);2-8,14-15H,9-10H2,1H3/t;14-,15-/m.0/s1. The minimum atomic E-state index is -1.28. The Morgan fingerprint density at radius 3 is 1.76 bits per heavy atom. The van der Waals surface area contributed by atoms with Gasteiger partial charge >= 0.3 is 11.9 Å². The van der Waals surface area contributed by atoms with Gasteiger partial charge < -0.3 is 30.1 Å². The molecule has 2 aliphatic heterocycles. The first kappa shape index (κ1) is 32.0. The first-order valence-corrected chi connectivity index (χ1v) is 16.2. The van der Waals surface area contributed by atoms with E-state index in [1.807, 2.05) is 18.2 Å². The fraction of sp³-hybridized carbons (Fsp3) is 0.150. The zero-order valence-corrected chi connectivity index (χ0v) is 27.2. The minimum Gasteiger partial charge on any atom is -0.507 e. The highest BCUT2D eigenvalue weighted by Gasteiger charge is 2.38.